The maximum Gasteiger partial charge on any atom is 0.104 e. The molecule has 0 heterocycles. The molecule has 0 unspecified atom stereocenters. The summed E-state index contributed by atoms with van der Waals surface area (Å²) in [5, 5.41) is 6.98. The Balaban J connectivity index is 4.90. The summed E-state index contributed by atoms with van der Waals surface area (Å²) in [4.78, 5) is 5.35. The average Bonchev–Trinajstić information content (AvgIpc) is 2.01. The van der Waals surface area contributed by atoms with Gasteiger partial charge in [-0.05, 0) is 38.8 Å². The Bertz CT molecular complexity index is 323. The van der Waals surface area contributed by atoms with Crippen molar-refractivity contribution in [1.82, 2.24) is 0 Å². The van der Waals surface area contributed by atoms with E-state index in [1.165, 1.54) is 0 Å². The van der Waals surface area contributed by atoms with Crippen LogP contribution < -0.4 is 0 Å². The van der Waals surface area contributed by atoms with Gasteiger partial charge in [0, 0.05) is 9.82 Å². The first kappa shape index (κ1) is 12.2. The molecule has 0 atom stereocenters. The Morgan fingerprint density at radius 2 is 1.14 bits per heavy atom. The van der Waals surface area contributed by atoms with E-state index >= 15 is 0 Å². The average molecular weight is 192 g/mol. The highest BCUT2D eigenvalue weighted by Crippen LogP contribution is 2.11. The third-order valence-electron chi connectivity index (χ3n) is 1.26. The fourth-order valence-electron chi connectivity index (χ4n) is 0.580. The molecule has 0 aliphatic rings. The third-order valence-corrected chi connectivity index (χ3v) is 1.26. The van der Waals surface area contributed by atoms with Crippen LogP contribution >= 0.6 is 0 Å². The fraction of sp³-hybridized carbons (Fsp3) is 0.750. The molecule has 6 nitrogen and oxygen atoms in total. The molecule has 0 rings (SSSR count). The molecule has 0 fully saturated rings. The van der Waals surface area contributed by atoms with Crippen LogP contribution in [0, 0.1) is 11.8 Å². The van der Waals surface area contributed by atoms with E-state index in [2.05, 4.69) is 31.9 Å². The van der Waals surface area contributed by atoms with Gasteiger partial charge < -0.3 is 0 Å². The second kappa shape index (κ2) is 4.43. The lowest BCUT2D eigenvalue weighted by atomic mass is 10.0. The van der Waals surface area contributed by atoms with Crippen molar-refractivity contribution < 1.29 is 0 Å². The van der Waals surface area contributed by atoms with Gasteiger partial charge in [-0.2, -0.15) is 0 Å². The topological polar surface area (TPSA) is 97.5 Å². The van der Waals surface area contributed by atoms with Crippen molar-refractivity contribution in [2.75, 3.05) is 0 Å². The van der Waals surface area contributed by atoms with E-state index in [0.717, 1.165) is 0 Å². The van der Waals surface area contributed by atoms with Crippen LogP contribution in [0.3, 0.4) is 0 Å². The van der Waals surface area contributed by atoms with Gasteiger partial charge in [-0.1, -0.05) is 22.1 Å². The molecule has 74 valence electrons. The molecule has 0 aromatic rings. The smallest absolute Gasteiger partial charge is 0.0904 e. The first-order chi connectivity index (χ1) is 6.33. The standard InChI is InChI=1S/C8H12N6/c1-7(2,11-13-9)5-6-8(3,4)12-14-10/h1-4H3. The molecule has 0 spiro atoms. The van der Waals surface area contributed by atoms with Crippen molar-refractivity contribution in [3.05, 3.63) is 20.9 Å². The summed E-state index contributed by atoms with van der Waals surface area (Å²) in [5.74, 6) is 5.50. The Hall–Kier alpha value is -1.82. The number of hydrogen-bond donors (Lipinski definition) is 0. The van der Waals surface area contributed by atoms with E-state index in [-0.39, 0.29) is 0 Å². The SMILES string of the molecule is CC(C)(C#CC(C)(C)N=[N+]=[N-])N=[N+]=[N-]. The summed E-state index contributed by atoms with van der Waals surface area (Å²) in [5.41, 5.74) is 14.9. The van der Waals surface area contributed by atoms with Gasteiger partial charge in [0.2, 0.25) is 0 Å². The van der Waals surface area contributed by atoms with Gasteiger partial charge in [0.25, 0.3) is 0 Å². The maximum atomic E-state index is 8.24. The Kier molecular flexibility index (Phi) is 3.85. The lowest BCUT2D eigenvalue weighted by molar-refractivity contribution is 0.648. The predicted octanol–water partition coefficient (Wildman–Crippen LogP) is 3.17. The van der Waals surface area contributed by atoms with Gasteiger partial charge in [-0.3, -0.25) is 0 Å². The van der Waals surface area contributed by atoms with Crippen molar-refractivity contribution >= 4 is 0 Å². The molecule has 0 aliphatic heterocycles. The fourth-order valence-corrected chi connectivity index (χ4v) is 0.580. The van der Waals surface area contributed by atoms with Crippen LogP contribution in [0.1, 0.15) is 27.7 Å². The van der Waals surface area contributed by atoms with E-state index in [0.29, 0.717) is 0 Å². The van der Waals surface area contributed by atoms with Crippen LogP contribution in [0.4, 0.5) is 0 Å². The number of nitrogens with zero attached hydrogens (tertiary/aromatic N) is 6. The minimum Gasteiger partial charge on any atom is -0.0904 e. The van der Waals surface area contributed by atoms with Crippen LogP contribution in [0.5, 0.6) is 0 Å². The Morgan fingerprint density at radius 1 is 0.857 bits per heavy atom. The van der Waals surface area contributed by atoms with E-state index in [1.807, 2.05) is 0 Å². The molecular weight excluding hydrogens is 180 g/mol. The van der Waals surface area contributed by atoms with Crippen molar-refractivity contribution in [3.63, 3.8) is 0 Å². The Morgan fingerprint density at radius 3 is 1.36 bits per heavy atom. The normalized spacial score (nSPS) is 10.3. The summed E-state index contributed by atoms with van der Waals surface area (Å²) in [6, 6.07) is 0. The second-order valence-corrected chi connectivity index (χ2v) is 3.75. The summed E-state index contributed by atoms with van der Waals surface area (Å²) in [6.45, 7) is 6.75. The van der Waals surface area contributed by atoms with Gasteiger partial charge in [0.1, 0.15) is 11.1 Å². The molecule has 0 aliphatic carbocycles. The van der Waals surface area contributed by atoms with Gasteiger partial charge >= 0.3 is 0 Å². The van der Waals surface area contributed by atoms with Crippen molar-refractivity contribution in [3.8, 4) is 11.8 Å². The van der Waals surface area contributed by atoms with Crippen LogP contribution in [0.2, 0.25) is 0 Å². The molecule has 14 heavy (non-hydrogen) atoms. The highest BCUT2D eigenvalue weighted by atomic mass is 15.2. The van der Waals surface area contributed by atoms with Gasteiger partial charge in [0.15, 0.2) is 0 Å². The van der Waals surface area contributed by atoms with Gasteiger partial charge in [-0.25, -0.2) is 0 Å². The van der Waals surface area contributed by atoms with E-state index in [9.17, 15) is 0 Å². The van der Waals surface area contributed by atoms with Gasteiger partial charge in [-0.15, -0.1) is 0 Å². The van der Waals surface area contributed by atoms with Crippen molar-refractivity contribution in [2.24, 2.45) is 10.2 Å². The molecule has 0 amide bonds. The molecule has 0 N–H and O–H groups in total. The zero-order chi connectivity index (χ0) is 11.2. The minimum atomic E-state index is -0.781. The largest absolute Gasteiger partial charge is 0.104 e. The van der Waals surface area contributed by atoms with Crippen LogP contribution in [0.15, 0.2) is 10.2 Å². The van der Waals surface area contributed by atoms with Crippen LogP contribution in [-0.2, 0) is 0 Å². The highest BCUT2D eigenvalue weighted by Gasteiger charge is 2.15. The number of hydrogen-bond acceptors (Lipinski definition) is 2. The maximum absolute atomic E-state index is 8.24. The van der Waals surface area contributed by atoms with E-state index < -0.39 is 11.1 Å². The minimum absolute atomic E-state index is 0.781. The summed E-state index contributed by atoms with van der Waals surface area (Å²) in [7, 11) is 0. The number of rotatable bonds is 2. The van der Waals surface area contributed by atoms with Gasteiger partial charge in [0.05, 0.1) is 0 Å². The van der Waals surface area contributed by atoms with E-state index in [1.54, 1.807) is 27.7 Å². The second-order valence-electron chi connectivity index (χ2n) is 3.75. The molecule has 0 aromatic carbocycles. The Labute approximate surface area is 82.6 Å². The van der Waals surface area contributed by atoms with Crippen molar-refractivity contribution in [2.45, 2.75) is 38.8 Å². The molecular formula is C8H12N6. The zero-order valence-electron chi connectivity index (χ0n) is 8.68. The summed E-state index contributed by atoms with van der Waals surface area (Å²) in [6.07, 6.45) is 0. The monoisotopic (exact) mass is 192 g/mol. The highest BCUT2D eigenvalue weighted by molar-refractivity contribution is 5.22. The molecule has 0 saturated heterocycles. The lowest BCUT2D eigenvalue weighted by Crippen LogP contribution is -2.17. The molecule has 6 heteroatoms. The van der Waals surface area contributed by atoms with Crippen LogP contribution in [-0.4, -0.2) is 11.1 Å². The van der Waals surface area contributed by atoms with E-state index in [4.69, 9.17) is 11.1 Å². The molecule has 0 bridgehead atoms. The molecule has 0 aromatic heterocycles. The lowest BCUT2D eigenvalue weighted by Gasteiger charge is -2.11. The van der Waals surface area contributed by atoms with Crippen LogP contribution in [0.25, 0.3) is 20.9 Å². The first-order valence-corrected chi connectivity index (χ1v) is 4.00. The predicted molar refractivity (Wildman–Crippen MR) is 54.2 cm³/mol. The van der Waals surface area contributed by atoms with Crippen molar-refractivity contribution in [1.29, 1.82) is 0 Å². The number of azide groups is 2. The summed E-state index contributed by atoms with van der Waals surface area (Å²) >= 11 is 0. The zero-order valence-corrected chi connectivity index (χ0v) is 8.68. The first-order valence-electron chi connectivity index (χ1n) is 4.00. The molecule has 0 saturated carbocycles. The molecule has 0 radical (unpaired) electrons. The summed E-state index contributed by atoms with van der Waals surface area (Å²) < 4.78 is 0. The quantitative estimate of drug-likeness (QED) is 0.278. The third kappa shape index (κ3) is 4.94.